The van der Waals surface area contributed by atoms with Crippen LogP contribution in [-0.2, 0) is 6.42 Å². The number of nitrogens with zero attached hydrogens (tertiary/aromatic N) is 1. The number of hydrogen-bond acceptors (Lipinski definition) is 1. The maximum absolute atomic E-state index is 12.7. The summed E-state index contributed by atoms with van der Waals surface area (Å²) in [4.78, 5) is 3.59. The Morgan fingerprint density at radius 2 is 2.30 bits per heavy atom. The molecule has 0 bridgehead atoms. The van der Waals surface area contributed by atoms with E-state index < -0.39 is 0 Å². The smallest absolute Gasteiger partial charge is 0.144 e. The molecule has 0 aliphatic rings. The lowest BCUT2D eigenvalue weighted by Crippen LogP contribution is -2.12. The lowest BCUT2D eigenvalue weighted by Gasteiger charge is -2.01. The Hall–Kier alpha value is -0.855. The van der Waals surface area contributed by atoms with Gasteiger partial charge in [0.15, 0.2) is 0 Å². The van der Waals surface area contributed by atoms with Gasteiger partial charge in [-0.2, -0.15) is 0 Å². The molecule has 0 aliphatic heterocycles. The third kappa shape index (κ3) is 1.18. The summed E-state index contributed by atoms with van der Waals surface area (Å²) in [5.74, 6) is -0.317. The minimum absolute atomic E-state index is 0.317. The zero-order valence-electron chi connectivity index (χ0n) is 5.76. The highest BCUT2D eigenvalue weighted by Crippen LogP contribution is 2.00. The maximum Gasteiger partial charge on any atom is 0.144 e. The molecule has 1 aromatic heterocycles. The van der Waals surface area contributed by atoms with Crippen LogP contribution in [0, 0.1) is 5.82 Å². The van der Waals surface area contributed by atoms with Gasteiger partial charge in [0.05, 0.1) is 6.20 Å². The van der Waals surface area contributed by atoms with E-state index in [1.807, 2.05) is 6.92 Å². The maximum atomic E-state index is 12.7. The Kier molecular flexibility index (Phi) is 2.04. The molecule has 1 heterocycles. The van der Waals surface area contributed by atoms with Crippen molar-refractivity contribution in [2.75, 3.05) is 0 Å². The first kappa shape index (κ1) is 7.25. The topological polar surface area (TPSA) is 12.9 Å². The van der Waals surface area contributed by atoms with E-state index in [1.165, 1.54) is 12.4 Å². The van der Waals surface area contributed by atoms with Crippen LogP contribution in [0.15, 0.2) is 12.4 Å². The van der Waals surface area contributed by atoms with Gasteiger partial charge < -0.3 is 0 Å². The molecule has 0 aliphatic carbocycles. The summed E-state index contributed by atoms with van der Waals surface area (Å²) in [6.45, 7) is 1.86. The molecular weight excluding hydrogens is 128 g/mol. The zero-order chi connectivity index (χ0) is 7.56. The normalized spacial score (nSPS) is 9.80. The summed E-state index contributed by atoms with van der Waals surface area (Å²) in [5, 5.41) is 0. The van der Waals surface area contributed by atoms with Gasteiger partial charge in [-0.05, 0) is 12.0 Å². The van der Waals surface area contributed by atoms with Crippen LogP contribution in [0.25, 0.3) is 0 Å². The van der Waals surface area contributed by atoms with Crippen molar-refractivity contribution >= 4 is 13.3 Å². The summed E-state index contributed by atoms with van der Waals surface area (Å²) in [5.41, 5.74) is 0.984. The fraction of sp³-hybridized carbons (Fsp3) is 0.286. The van der Waals surface area contributed by atoms with Crippen molar-refractivity contribution in [3.05, 3.63) is 23.8 Å². The van der Waals surface area contributed by atoms with Crippen LogP contribution in [-0.4, -0.2) is 12.8 Å². The summed E-state index contributed by atoms with van der Waals surface area (Å²) in [7, 11) is 5.43. The molecule has 0 saturated carbocycles. The van der Waals surface area contributed by atoms with Gasteiger partial charge in [-0.15, -0.1) is 0 Å². The van der Waals surface area contributed by atoms with Crippen LogP contribution in [0.5, 0.6) is 0 Å². The molecule has 10 heavy (non-hydrogen) atoms. The quantitative estimate of drug-likeness (QED) is 0.513. The largest absolute Gasteiger partial charge is 0.262 e. The van der Waals surface area contributed by atoms with E-state index in [0.717, 1.165) is 0 Å². The fourth-order valence-electron chi connectivity index (χ4n) is 0.850. The molecule has 0 N–H and O–H groups in total. The van der Waals surface area contributed by atoms with Crippen LogP contribution >= 0.6 is 0 Å². The van der Waals surface area contributed by atoms with Gasteiger partial charge in [0.25, 0.3) is 0 Å². The first-order valence-electron chi connectivity index (χ1n) is 3.13. The lowest BCUT2D eigenvalue weighted by atomic mass is 9.91. The van der Waals surface area contributed by atoms with Gasteiger partial charge in [-0.1, -0.05) is 12.4 Å². The van der Waals surface area contributed by atoms with Crippen LogP contribution in [0.2, 0.25) is 0 Å². The van der Waals surface area contributed by atoms with Crippen LogP contribution in [0.4, 0.5) is 4.39 Å². The molecule has 0 aromatic carbocycles. The van der Waals surface area contributed by atoms with Crippen molar-refractivity contribution < 1.29 is 4.39 Å². The Balaban J connectivity index is 3.17. The molecule has 0 unspecified atom stereocenters. The van der Waals surface area contributed by atoms with Gasteiger partial charge in [0, 0.05) is 6.20 Å². The predicted molar refractivity (Wildman–Crippen MR) is 39.0 cm³/mol. The summed E-state index contributed by atoms with van der Waals surface area (Å²) in [6, 6.07) is 0. The molecule has 3 heteroatoms. The third-order valence-electron chi connectivity index (χ3n) is 1.39. The molecule has 1 aromatic rings. The predicted octanol–water partition coefficient (Wildman–Crippen LogP) is 0.577. The van der Waals surface area contributed by atoms with Crippen LogP contribution < -0.4 is 5.46 Å². The second kappa shape index (κ2) is 2.82. The molecule has 1 nitrogen and oxygen atoms in total. The van der Waals surface area contributed by atoms with Crippen LogP contribution in [0.1, 0.15) is 12.5 Å². The molecule has 1 rings (SSSR count). The summed E-state index contributed by atoms with van der Waals surface area (Å²) < 4.78 is 12.7. The highest BCUT2D eigenvalue weighted by atomic mass is 19.1. The SMILES string of the molecule is [B]c1cncc(F)c1CC. The van der Waals surface area contributed by atoms with Crippen molar-refractivity contribution in [1.29, 1.82) is 0 Å². The molecule has 2 radical (unpaired) electrons. The minimum Gasteiger partial charge on any atom is -0.262 e. The first-order valence-corrected chi connectivity index (χ1v) is 3.13. The second-order valence-corrected chi connectivity index (χ2v) is 2.04. The van der Waals surface area contributed by atoms with Gasteiger partial charge in [-0.25, -0.2) is 4.39 Å². The molecule has 0 fully saturated rings. The van der Waals surface area contributed by atoms with E-state index in [1.54, 1.807) is 0 Å². The van der Waals surface area contributed by atoms with Crippen molar-refractivity contribution in [3.8, 4) is 0 Å². The first-order chi connectivity index (χ1) is 4.75. The van der Waals surface area contributed by atoms with E-state index in [0.29, 0.717) is 17.4 Å². The van der Waals surface area contributed by atoms with Crippen molar-refractivity contribution in [1.82, 2.24) is 4.98 Å². The molecule has 0 amide bonds. The Morgan fingerprint density at radius 3 is 2.70 bits per heavy atom. The van der Waals surface area contributed by atoms with Gasteiger partial charge >= 0.3 is 0 Å². The lowest BCUT2D eigenvalue weighted by molar-refractivity contribution is 0.607. The molecule has 0 saturated heterocycles. The number of halogens is 1. The number of hydrogen-bond donors (Lipinski definition) is 0. The van der Waals surface area contributed by atoms with E-state index in [-0.39, 0.29) is 5.82 Å². The minimum atomic E-state index is -0.317. The highest BCUT2D eigenvalue weighted by molar-refractivity contribution is 6.33. The van der Waals surface area contributed by atoms with Gasteiger partial charge in [0.2, 0.25) is 0 Å². The Labute approximate surface area is 60.7 Å². The average molecular weight is 135 g/mol. The third-order valence-corrected chi connectivity index (χ3v) is 1.39. The van der Waals surface area contributed by atoms with E-state index in [9.17, 15) is 4.39 Å². The van der Waals surface area contributed by atoms with Gasteiger partial charge in [0.1, 0.15) is 13.7 Å². The standard InChI is InChI=1S/C7H7BFN/c1-2-5-6(8)3-10-4-7(5)9/h3-4H,2H2,1H3. The molecule has 50 valence electrons. The van der Waals surface area contributed by atoms with E-state index >= 15 is 0 Å². The average Bonchev–Trinajstić information content (AvgIpc) is 1.88. The molecule has 0 atom stereocenters. The van der Waals surface area contributed by atoms with Crippen molar-refractivity contribution in [2.24, 2.45) is 0 Å². The molecular formula is C7H7BFN. The number of pyridine rings is 1. The Bertz CT molecular complexity index is 217. The van der Waals surface area contributed by atoms with Crippen molar-refractivity contribution in [3.63, 3.8) is 0 Å². The monoisotopic (exact) mass is 135 g/mol. The van der Waals surface area contributed by atoms with Gasteiger partial charge in [-0.3, -0.25) is 4.98 Å². The highest BCUT2D eigenvalue weighted by Gasteiger charge is 2.00. The zero-order valence-corrected chi connectivity index (χ0v) is 5.76. The van der Waals surface area contributed by atoms with Crippen molar-refractivity contribution in [2.45, 2.75) is 13.3 Å². The van der Waals surface area contributed by atoms with E-state index in [2.05, 4.69) is 4.98 Å². The number of aromatic nitrogens is 1. The summed E-state index contributed by atoms with van der Waals surface area (Å²) in [6.07, 6.45) is 3.25. The fourth-order valence-corrected chi connectivity index (χ4v) is 0.850. The Morgan fingerprint density at radius 1 is 1.60 bits per heavy atom. The van der Waals surface area contributed by atoms with E-state index in [4.69, 9.17) is 7.85 Å². The molecule has 0 spiro atoms. The number of rotatable bonds is 1. The van der Waals surface area contributed by atoms with Crippen LogP contribution in [0.3, 0.4) is 0 Å². The second-order valence-electron chi connectivity index (χ2n) is 2.04. The summed E-state index contributed by atoms with van der Waals surface area (Å²) >= 11 is 0.